The van der Waals surface area contributed by atoms with Gasteiger partial charge in [-0.15, -0.1) is 0 Å². The maximum atomic E-state index is 10.5. The summed E-state index contributed by atoms with van der Waals surface area (Å²) in [6, 6.07) is 6.78. The number of rotatable bonds is 5. The van der Waals surface area contributed by atoms with Crippen LogP contribution < -0.4 is 5.73 Å². The van der Waals surface area contributed by atoms with Gasteiger partial charge in [0.25, 0.3) is 0 Å². The molecule has 0 aromatic heterocycles. The largest absolute Gasteiger partial charge is 0.480 e. The van der Waals surface area contributed by atoms with Gasteiger partial charge in [-0.3, -0.25) is 4.79 Å². The molecule has 1 rings (SSSR count). The third-order valence-corrected chi connectivity index (χ3v) is 2.61. The Morgan fingerprint density at radius 2 is 2.13 bits per heavy atom. The van der Waals surface area contributed by atoms with E-state index in [9.17, 15) is 4.79 Å². The highest BCUT2D eigenvalue weighted by atomic mass is 35.5. The number of carboxylic acids is 1. The number of benzene rings is 1. The lowest BCUT2D eigenvalue weighted by Crippen LogP contribution is -2.29. The van der Waals surface area contributed by atoms with Crippen molar-refractivity contribution in [1.29, 1.82) is 0 Å². The molecule has 15 heavy (non-hydrogen) atoms. The fourth-order valence-electron chi connectivity index (χ4n) is 1.34. The number of halogens is 1. The molecule has 0 heterocycles. The third kappa shape index (κ3) is 3.90. The Kier molecular flexibility index (Phi) is 4.59. The molecular formula is C11H14ClNO2. The molecule has 0 aliphatic heterocycles. The van der Waals surface area contributed by atoms with Gasteiger partial charge in [0, 0.05) is 5.02 Å². The van der Waals surface area contributed by atoms with Crippen LogP contribution in [0.2, 0.25) is 5.02 Å². The molecule has 0 saturated carbocycles. The van der Waals surface area contributed by atoms with Crippen molar-refractivity contribution in [3.63, 3.8) is 0 Å². The first-order valence-electron chi connectivity index (χ1n) is 4.83. The molecule has 1 unspecified atom stereocenters. The SMILES string of the molecule is NC(CCCc1ccccc1Cl)C(=O)O. The molecular weight excluding hydrogens is 214 g/mol. The molecule has 1 atom stereocenters. The molecule has 3 nitrogen and oxygen atoms in total. The van der Waals surface area contributed by atoms with Crippen LogP contribution in [0.3, 0.4) is 0 Å². The molecule has 82 valence electrons. The number of hydrogen-bond donors (Lipinski definition) is 2. The Balaban J connectivity index is 2.38. The minimum absolute atomic E-state index is 0.473. The lowest BCUT2D eigenvalue weighted by molar-refractivity contribution is -0.138. The summed E-state index contributed by atoms with van der Waals surface area (Å²) in [4.78, 5) is 10.5. The normalized spacial score (nSPS) is 12.4. The molecule has 1 aromatic carbocycles. The predicted octanol–water partition coefficient (Wildman–Crippen LogP) is 2.07. The Bertz CT molecular complexity index is 341. The zero-order valence-electron chi connectivity index (χ0n) is 8.32. The average Bonchev–Trinajstić information content (AvgIpc) is 2.20. The van der Waals surface area contributed by atoms with Gasteiger partial charge >= 0.3 is 5.97 Å². The van der Waals surface area contributed by atoms with Crippen LogP contribution in [0.25, 0.3) is 0 Å². The van der Waals surface area contributed by atoms with Gasteiger partial charge in [-0.25, -0.2) is 0 Å². The zero-order chi connectivity index (χ0) is 11.3. The molecule has 3 N–H and O–H groups in total. The van der Waals surface area contributed by atoms with E-state index in [2.05, 4.69) is 0 Å². The van der Waals surface area contributed by atoms with Crippen molar-refractivity contribution in [3.8, 4) is 0 Å². The number of aryl methyl sites for hydroxylation is 1. The van der Waals surface area contributed by atoms with Crippen LogP contribution >= 0.6 is 11.6 Å². The highest BCUT2D eigenvalue weighted by Gasteiger charge is 2.10. The van der Waals surface area contributed by atoms with Crippen molar-refractivity contribution in [3.05, 3.63) is 34.9 Å². The van der Waals surface area contributed by atoms with Crippen LogP contribution in [-0.4, -0.2) is 17.1 Å². The quantitative estimate of drug-likeness (QED) is 0.810. The average molecular weight is 228 g/mol. The number of carbonyl (C=O) groups is 1. The summed E-state index contributed by atoms with van der Waals surface area (Å²) in [5, 5.41) is 9.31. The topological polar surface area (TPSA) is 63.3 Å². The second-order valence-electron chi connectivity index (χ2n) is 3.43. The van der Waals surface area contributed by atoms with E-state index in [1.54, 1.807) is 0 Å². The van der Waals surface area contributed by atoms with Crippen LogP contribution in [0.1, 0.15) is 18.4 Å². The fraction of sp³-hybridized carbons (Fsp3) is 0.364. The molecule has 0 spiro atoms. The van der Waals surface area contributed by atoms with Crippen molar-refractivity contribution in [2.45, 2.75) is 25.3 Å². The predicted molar refractivity (Wildman–Crippen MR) is 60.0 cm³/mol. The summed E-state index contributed by atoms with van der Waals surface area (Å²) in [6.45, 7) is 0. The molecule has 0 amide bonds. The summed E-state index contributed by atoms with van der Waals surface area (Å²) in [6.07, 6.45) is 1.97. The minimum Gasteiger partial charge on any atom is -0.480 e. The van der Waals surface area contributed by atoms with Gasteiger partial charge in [0.05, 0.1) is 0 Å². The van der Waals surface area contributed by atoms with E-state index >= 15 is 0 Å². The summed E-state index contributed by atoms with van der Waals surface area (Å²) in [7, 11) is 0. The maximum absolute atomic E-state index is 10.5. The van der Waals surface area contributed by atoms with E-state index in [4.69, 9.17) is 22.4 Å². The minimum atomic E-state index is -0.950. The van der Waals surface area contributed by atoms with Gasteiger partial charge < -0.3 is 10.8 Å². The summed E-state index contributed by atoms with van der Waals surface area (Å²) >= 11 is 5.95. The van der Waals surface area contributed by atoms with E-state index in [1.807, 2.05) is 24.3 Å². The first-order chi connectivity index (χ1) is 7.11. The van der Waals surface area contributed by atoms with Crippen molar-refractivity contribution in [2.75, 3.05) is 0 Å². The molecule has 4 heteroatoms. The number of aliphatic carboxylic acids is 1. The number of nitrogens with two attached hydrogens (primary N) is 1. The highest BCUT2D eigenvalue weighted by Crippen LogP contribution is 2.17. The Labute approximate surface area is 93.9 Å². The van der Waals surface area contributed by atoms with Crippen LogP contribution in [0.4, 0.5) is 0 Å². The second kappa shape index (κ2) is 5.73. The van der Waals surface area contributed by atoms with Crippen molar-refractivity contribution >= 4 is 17.6 Å². The van der Waals surface area contributed by atoms with Crippen molar-refractivity contribution in [1.82, 2.24) is 0 Å². The smallest absolute Gasteiger partial charge is 0.320 e. The van der Waals surface area contributed by atoms with Crippen LogP contribution in [0.15, 0.2) is 24.3 Å². The lowest BCUT2D eigenvalue weighted by atomic mass is 10.1. The van der Waals surface area contributed by atoms with E-state index < -0.39 is 12.0 Å². The van der Waals surface area contributed by atoms with Gasteiger partial charge in [-0.2, -0.15) is 0 Å². The molecule has 0 aliphatic rings. The van der Waals surface area contributed by atoms with Crippen LogP contribution in [0, 0.1) is 0 Å². The monoisotopic (exact) mass is 227 g/mol. The zero-order valence-corrected chi connectivity index (χ0v) is 9.07. The van der Waals surface area contributed by atoms with Crippen molar-refractivity contribution in [2.24, 2.45) is 5.73 Å². The highest BCUT2D eigenvalue weighted by molar-refractivity contribution is 6.31. The van der Waals surface area contributed by atoms with Crippen LogP contribution in [-0.2, 0) is 11.2 Å². The first kappa shape index (κ1) is 12.0. The van der Waals surface area contributed by atoms with Crippen molar-refractivity contribution < 1.29 is 9.90 Å². The Morgan fingerprint density at radius 3 is 2.73 bits per heavy atom. The second-order valence-corrected chi connectivity index (χ2v) is 3.84. The van der Waals surface area contributed by atoms with Gasteiger partial charge in [0.1, 0.15) is 6.04 Å². The van der Waals surface area contributed by atoms with E-state index in [1.165, 1.54) is 0 Å². The molecule has 0 radical (unpaired) electrons. The fourth-order valence-corrected chi connectivity index (χ4v) is 1.57. The number of carboxylic acid groups (broad SMARTS) is 1. The maximum Gasteiger partial charge on any atom is 0.320 e. The standard InChI is InChI=1S/C11H14ClNO2/c12-9-6-2-1-4-8(9)5-3-7-10(13)11(14)15/h1-2,4,6,10H,3,5,7,13H2,(H,14,15). The van der Waals surface area contributed by atoms with Gasteiger partial charge in [0.15, 0.2) is 0 Å². The van der Waals surface area contributed by atoms with Gasteiger partial charge in [-0.05, 0) is 30.9 Å². The summed E-state index contributed by atoms with van der Waals surface area (Å²) in [5.74, 6) is -0.950. The molecule has 0 saturated heterocycles. The third-order valence-electron chi connectivity index (χ3n) is 2.24. The lowest BCUT2D eigenvalue weighted by Gasteiger charge is -2.06. The number of hydrogen-bond acceptors (Lipinski definition) is 2. The van der Waals surface area contributed by atoms with E-state index in [-0.39, 0.29) is 0 Å². The first-order valence-corrected chi connectivity index (χ1v) is 5.21. The molecule has 0 aliphatic carbocycles. The van der Waals surface area contributed by atoms with E-state index in [0.717, 1.165) is 23.4 Å². The summed E-state index contributed by atoms with van der Waals surface area (Å²) < 4.78 is 0. The Morgan fingerprint density at radius 1 is 1.47 bits per heavy atom. The molecule has 0 fully saturated rings. The van der Waals surface area contributed by atoms with Gasteiger partial charge in [0.2, 0.25) is 0 Å². The van der Waals surface area contributed by atoms with Gasteiger partial charge in [-0.1, -0.05) is 29.8 Å². The Hall–Kier alpha value is -1.06. The van der Waals surface area contributed by atoms with E-state index in [0.29, 0.717) is 6.42 Å². The van der Waals surface area contributed by atoms with Crippen LogP contribution in [0.5, 0.6) is 0 Å². The summed E-state index contributed by atoms with van der Waals surface area (Å²) in [5.41, 5.74) is 6.42. The molecule has 1 aromatic rings. The molecule has 0 bridgehead atoms.